The van der Waals surface area contributed by atoms with Crippen LogP contribution in [0.25, 0.3) is 0 Å². The molecule has 0 aromatic heterocycles. The molecule has 0 spiro atoms. The third-order valence-electron chi connectivity index (χ3n) is 2.31. The number of nitrogens with zero attached hydrogens (tertiary/aromatic N) is 1. The molecule has 1 aliphatic carbocycles. The zero-order valence-corrected chi connectivity index (χ0v) is 8.80. The van der Waals surface area contributed by atoms with E-state index in [1.807, 2.05) is 0 Å². The van der Waals surface area contributed by atoms with E-state index in [4.69, 9.17) is 5.11 Å². The van der Waals surface area contributed by atoms with E-state index in [1.54, 1.807) is 11.9 Å². The van der Waals surface area contributed by atoms with Crippen molar-refractivity contribution in [3.05, 3.63) is 0 Å². The van der Waals surface area contributed by atoms with Crippen molar-refractivity contribution in [2.24, 2.45) is 0 Å². The van der Waals surface area contributed by atoms with Crippen LogP contribution in [0.5, 0.6) is 0 Å². The van der Waals surface area contributed by atoms with Gasteiger partial charge in [-0.05, 0) is 19.3 Å². The first-order valence-electron chi connectivity index (χ1n) is 4.15. The fourth-order valence-corrected chi connectivity index (χ4v) is 2.16. The number of aliphatic hydroxyl groups excluding tert-OH is 1. The molecule has 1 N–H and O–H groups in total. The Kier molecular flexibility index (Phi) is 3.12. The molecule has 1 rings (SSSR count). The predicted molar refractivity (Wildman–Crippen MR) is 50.2 cm³/mol. The molecule has 1 aliphatic rings. The van der Waals surface area contributed by atoms with E-state index in [9.17, 15) is 4.79 Å². The molecule has 0 radical (unpaired) electrons. The largest absolute Gasteiger partial charge is 0.395 e. The van der Waals surface area contributed by atoms with Crippen molar-refractivity contribution in [3.63, 3.8) is 0 Å². The van der Waals surface area contributed by atoms with E-state index in [0.717, 1.165) is 19.3 Å². The van der Waals surface area contributed by atoms with Crippen LogP contribution in [0, 0.1) is 0 Å². The second-order valence-electron chi connectivity index (χ2n) is 3.27. The number of aliphatic hydroxyl groups is 1. The Bertz CT molecular complexity index is 180. The molecular weight excluding hydrogens is 222 g/mol. The highest BCUT2D eigenvalue weighted by atomic mass is 79.9. The number of rotatable bonds is 3. The minimum atomic E-state index is -0.309. The Hall–Kier alpha value is -0.0900. The molecule has 0 saturated heterocycles. The lowest BCUT2D eigenvalue weighted by Crippen LogP contribution is -2.48. The minimum absolute atomic E-state index is 0.0331. The number of hydrogen-bond donors (Lipinski definition) is 1. The second kappa shape index (κ2) is 3.75. The van der Waals surface area contributed by atoms with Crippen molar-refractivity contribution in [1.82, 2.24) is 4.90 Å². The van der Waals surface area contributed by atoms with Crippen LogP contribution in [0.2, 0.25) is 0 Å². The van der Waals surface area contributed by atoms with Gasteiger partial charge in [0.05, 0.1) is 6.61 Å². The van der Waals surface area contributed by atoms with Crippen LogP contribution in [0.3, 0.4) is 0 Å². The molecule has 0 atom stereocenters. The third-order valence-corrected chi connectivity index (χ3v) is 3.44. The van der Waals surface area contributed by atoms with Crippen LogP contribution in [-0.2, 0) is 4.79 Å². The molecule has 1 amide bonds. The summed E-state index contributed by atoms with van der Waals surface area (Å²) in [5, 5.41) is 8.63. The molecule has 0 heterocycles. The van der Waals surface area contributed by atoms with Gasteiger partial charge in [0.25, 0.3) is 0 Å². The molecule has 0 aromatic rings. The van der Waals surface area contributed by atoms with Gasteiger partial charge < -0.3 is 10.0 Å². The summed E-state index contributed by atoms with van der Waals surface area (Å²) in [5.41, 5.74) is 0. The van der Waals surface area contributed by atoms with E-state index >= 15 is 0 Å². The monoisotopic (exact) mass is 235 g/mol. The molecule has 1 fully saturated rings. The number of likely N-dealkylation sites (N-methyl/N-ethyl adjacent to an activating group) is 1. The maximum Gasteiger partial charge on any atom is 0.239 e. The summed E-state index contributed by atoms with van der Waals surface area (Å²) in [6.45, 7) is 0.456. The summed E-state index contributed by atoms with van der Waals surface area (Å²) < 4.78 is -0.309. The van der Waals surface area contributed by atoms with Crippen LogP contribution in [0.1, 0.15) is 19.3 Å². The highest BCUT2D eigenvalue weighted by molar-refractivity contribution is 9.10. The molecule has 12 heavy (non-hydrogen) atoms. The van der Waals surface area contributed by atoms with Gasteiger partial charge in [-0.3, -0.25) is 4.79 Å². The number of halogens is 1. The van der Waals surface area contributed by atoms with Gasteiger partial charge in [0.15, 0.2) is 0 Å². The van der Waals surface area contributed by atoms with E-state index < -0.39 is 0 Å². The lowest BCUT2D eigenvalue weighted by molar-refractivity contribution is -0.134. The van der Waals surface area contributed by atoms with Gasteiger partial charge >= 0.3 is 0 Å². The normalized spacial score (nSPS) is 19.9. The fraction of sp³-hybridized carbons (Fsp3) is 0.875. The lowest BCUT2D eigenvalue weighted by atomic mass is 9.84. The molecule has 0 aliphatic heterocycles. The standard InChI is InChI=1S/C8H14BrNO2/c1-10(5-6-11)7(12)8(9)3-2-4-8/h11H,2-6H2,1H3. The average Bonchev–Trinajstić information content (AvgIpc) is 1.99. The average molecular weight is 236 g/mol. The molecule has 1 saturated carbocycles. The topological polar surface area (TPSA) is 40.5 Å². The summed E-state index contributed by atoms with van der Waals surface area (Å²) in [4.78, 5) is 13.2. The fourth-order valence-electron chi connectivity index (χ4n) is 1.29. The quantitative estimate of drug-likeness (QED) is 0.735. The van der Waals surface area contributed by atoms with Crippen LogP contribution in [-0.4, -0.2) is 40.4 Å². The van der Waals surface area contributed by atoms with Gasteiger partial charge in [0, 0.05) is 13.6 Å². The summed E-state index contributed by atoms with van der Waals surface area (Å²) in [7, 11) is 1.72. The summed E-state index contributed by atoms with van der Waals surface area (Å²) >= 11 is 3.43. The van der Waals surface area contributed by atoms with Crippen molar-refractivity contribution in [1.29, 1.82) is 0 Å². The Morgan fingerprint density at radius 2 is 2.25 bits per heavy atom. The smallest absolute Gasteiger partial charge is 0.239 e. The molecule has 70 valence electrons. The molecular formula is C8H14BrNO2. The number of hydrogen-bond acceptors (Lipinski definition) is 2. The van der Waals surface area contributed by atoms with Gasteiger partial charge in [-0.1, -0.05) is 15.9 Å². The summed E-state index contributed by atoms with van der Waals surface area (Å²) in [5.74, 6) is 0.0998. The van der Waals surface area contributed by atoms with Crippen LogP contribution in [0.4, 0.5) is 0 Å². The van der Waals surface area contributed by atoms with E-state index in [2.05, 4.69) is 15.9 Å². The lowest BCUT2D eigenvalue weighted by Gasteiger charge is -2.37. The molecule has 0 unspecified atom stereocenters. The number of alkyl halides is 1. The van der Waals surface area contributed by atoms with Crippen molar-refractivity contribution >= 4 is 21.8 Å². The number of amides is 1. The zero-order chi connectivity index (χ0) is 9.19. The van der Waals surface area contributed by atoms with Gasteiger partial charge in [0.2, 0.25) is 5.91 Å². The van der Waals surface area contributed by atoms with Gasteiger partial charge in [-0.25, -0.2) is 0 Å². The van der Waals surface area contributed by atoms with E-state index in [0.29, 0.717) is 6.54 Å². The van der Waals surface area contributed by atoms with Gasteiger partial charge in [-0.2, -0.15) is 0 Å². The van der Waals surface area contributed by atoms with Gasteiger partial charge in [0.1, 0.15) is 4.32 Å². The zero-order valence-electron chi connectivity index (χ0n) is 7.22. The SMILES string of the molecule is CN(CCO)C(=O)C1(Br)CCC1. The highest BCUT2D eigenvalue weighted by Crippen LogP contribution is 2.41. The predicted octanol–water partition coefficient (Wildman–Crippen LogP) is 0.755. The van der Waals surface area contributed by atoms with Crippen molar-refractivity contribution in [2.45, 2.75) is 23.6 Å². The Labute approximate surface area is 80.9 Å². The number of carbonyl (C=O) groups is 1. The molecule has 0 aromatic carbocycles. The second-order valence-corrected chi connectivity index (χ2v) is 4.79. The first-order valence-corrected chi connectivity index (χ1v) is 4.95. The highest BCUT2D eigenvalue weighted by Gasteiger charge is 2.42. The van der Waals surface area contributed by atoms with Crippen molar-refractivity contribution in [3.8, 4) is 0 Å². The maximum atomic E-state index is 11.6. The Balaban J connectivity index is 2.45. The van der Waals surface area contributed by atoms with Crippen LogP contribution >= 0.6 is 15.9 Å². The molecule has 0 bridgehead atoms. The van der Waals surface area contributed by atoms with E-state index in [-0.39, 0.29) is 16.8 Å². The Morgan fingerprint density at radius 1 is 1.67 bits per heavy atom. The summed E-state index contributed by atoms with van der Waals surface area (Å²) in [6, 6.07) is 0. The van der Waals surface area contributed by atoms with Crippen LogP contribution < -0.4 is 0 Å². The first-order chi connectivity index (χ1) is 5.60. The molecule has 3 nitrogen and oxygen atoms in total. The van der Waals surface area contributed by atoms with E-state index in [1.165, 1.54) is 0 Å². The third kappa shape index (κ3) is 1.80. The van der Waals surface area contributed by atoms with Crippen molar-refractivity contribution in [2.75, 3.05) is 20.2 Å². The summed E-state index contributed by atoms with van der Waals surface area (Å²) in [6.07, 6.45) is 2.95. The Morgan fingerprint density at radius 3 is 2.58 bits per heavy atom. The maximum absolute atomic E-state index is 11.6. The minimum Gasteiger partial charge on any atom is -0.395 e. The first kappa shape index (κ1) is 9.99. The number of carbonyl (C=O) groups excluding carboxylic acids is 1. The van der Waals surface area contributed by atoms with Gasteiger partial charge in [-0.15, -0.1) is 0 Å². The molecule has 4 heteroatoms. The van der Waals surface area contributed by atoms with Crippen molar-refractivity contribution < 1.29 is 9.90 Å². The van der Waals surface area contributed by atoms with Crippen LogP contribution in [0.15, 0.2) is 0 Å².